The molecular formula is C12H22N4O2S. The second kappa shape index (κ2) is 8.04. The molecule has 19 heavy (non-hydrogen) atoms. The summed E-state index contributed by atoms with van der Waals surface area (Å²) in [6.45, 7) is 5.09. The first kappa shape index (κ1) is 15.8. The predicted octanol–water partition coefficient (Wildman–Crippen LogP) is 2.25. The van der Waals surface area contributed by atoms with Crippen molar-refractivity contribution in [3.8, 4) is 0 Å². The molecule has 3 N–H and O–H groups in total. The zero-order valence-corrected chi connectivity index (χ0v) is 12.3. The fourth-order valence-corrected chi connectivity index (χ4v) is 2.56. The van der Waals surface area contributed by atoms with E-state index in [1.165, 1.54) is 12.8 Å². The standard InChI is InChI=1S/C12H22N4O2S/c1-3-5-6-9(4-2)7-16-11(13)14-15-12(16)19-8-10(17)18/h9H,3-8H2,1-2H3,(H2,13,14)(H,17,18). The minimum Gasteiger partial charge on any atom is -0.481 e. The zero-order valence-electron chi connectivity index (χ0n) is 11.5. The largest absolute Gasteiger partial charge is 0.481 e. The monoisotopic (exact) mass is 286 g/mol. The summed E-state index contributed by atoms with van der Waals surface area (Å²) in [5.41, 5.74) is 5.81. The molecule has 0 bridgehead atoms. The van der Waals surface area contributed by atoms with Crippen molar-refractivity contribution in [2.75, 3.05) is 11.5 Å². The number of hydrogen-bond acceptors (Lipinski definition) is 5. The summed E-state index contributed by atoms with van der Waals surface area (Å²) in [6, 6.07) is 0. The number of aliphatic carboxylic acids is 1. The lowest BCUT2D eigenvalue weighted by atomic mass is 9.99. The van der Waals surface area contributed by atoms with Gasteiger partial charge in [0.25, 0.3) is 0 Å². The normalized spacial score (nSPS) is 12.5. The van der Waals surface area contributed by atoms with E-state index in [0.29, 0.717) is 17.0 Å². The van der Waals surface area contributed by atoms with Crippen LogP contribution in [0.25, 0.3) is 0 Å². The summed E-state index contributed by atoms with van der Waals surface area (Å²) in [7, 11) is 0. The Morgan fingerprint density at radius 1 is 1.47 bits per heavy atom. The number of anilines is 1. The molecule has 0 aromatic carbocycles. The molecule has 0 aliphatic carbocycles. The average molecular weight is 286 g/mol. The minimum atomic E-state index is -0.865. The number of nitrogens with zero attached hydrogens (tertiary/aromatic N) is 3. The van der Waals surface area contributed by atoms with Crippen LogP contribution in [0, 0.1) is 5.92 Å². The van der Waals surface area contributed by atoms with Crippen molar-refractivity contribution >= 4 is 23.7 Å². The highest BCUT2D eigenvalue weighted by atomic mass is 32.2. The molecule has 0 radical (unpaired) electrons. The third-order valence-corrected chi connectivity index (χ3v) is 4.01. The van der Waals surface area contributed by atoms with Gasteiger partial charge in [-0.2, -0.15) is 0 Å². The molecule has 1 aromatic rings. The van der Waals surface area contributed by atoms with Crippen LogP contribution in [0.5, 0.6) is 0 Å². The van der Waals surface area contributed by atoms with E-state index < -0.39 is 5.97 Å². The Bertz CT molecular complexity index is 408. The number of nitrogen functional groups attached to an aromatic ring is 1. The molecule has 0 amide bonds. The van der Waals surface area contributed by atoms with Crippen LogP contribution in [0.2, 0.25) is 0 Å². The van der Waals surface area contributed by atoms with Gasteiger partial charge in [-0.25, -0.2) is 0 Å². The Morgan fingerprint density at radius 2 is 2.21 bits per heavy atom. The summed E-state index contributed by atoms with van der Waals surface area (Å²) in [5, 5.41) is 17.1. The van der Waals surface area contributed by atoms with E-state index in [0.717, 1.165) is 31.1 Å². The fourth-order valence-electron chi connectivity index (χ4n) is 1.88. The fraction of sp³-hybridized carbons (Fsp3) is 0.750. The smallest absolute Gasteiger partial charge is 0.313 e. The van der Waals surface area contributed by atoms with Gasteiger partial charge >= 0.3 is 5.97 Å². The summed E-state index contributed by atoms with van der Waals surface area (Å²) in [5.74, 6) is 0.00516. The van der Waals surface area contributed by atoms with E-state index in [2.05, 4.69) is 24.0 Å². The van der Waals surface area contributed by atoms with Crippen molar-refractivity contribution in [1.29, 1.82) is 0 Å². The van der Waals surface area contributed by atoms with E-state index in [4.69, 9.17) is 10.8 Å². The molecule has 7 heteroatoms. The molecule has 0 saturated carbocycles. The van der Waals surface area contributed by atoms with Gasteiger partial charge in [0.15, 0.2) is 5.16 Å². The second-order valence-electron chi connectivity index (χ2n) is 4.55. The zero-order chi connectivity index (χ0) is 14.3. The molecule has 1 atom stereocenters. The number of hydrogen-bond donors (Lipinski definition) is 2. The molecule has 0 saturated heterocycles. The maximum absolute atomic E-state index is 10.6. The van der Waals surface area contributed by atoms with Crippen molar-refractivity contribution in [2.24, 2.45) is 5.92 Å². The van der Waals surface area contributed by atoms with E-state index in [1.54, 1.807) is 0 Å². The molecule has 0 aliphatic heterocycles. The minimum absolute atomic E-state index is 0.0239. The number of rotatable bonds is 9. The van der Waals surface area contributed by atoms with Crippen LogP contribution in [0.1, 0.15) is 39.5 Å². The lowest BCUT2D eigenvalue weighted by molar-refractivity contribution is -0.133. The van der Waals surface area contributed by atoms with Gasteiger partial charge in [0.2, 0.25) is 5.95 Å². The number of aromatic nitrogens is 3. The van der Waals surface area contributed by atoms with Gasteiger partial charge in [0.05, 0.1) is 5.75 Å². The van der Waals surface area contributed by atoms with Crippen LogP contribution in [0.3, 0.4) is 0 Å². The highest BCUT2D eigenvalue weighted by Gasteiger charge is 2.15. The highest BCUT2D eigenvalue weighted by molar-refractivity contribution is 7.99. The lowest BCUT2D eigenvalue weighted by Gasteiger charge is -2.16. The summed E-state index contributed by atoms with van der Waals surface area (Å²) in [4.78, 5) is 10.6. The van der Waals surface area contributed by atoms with Gasteiger partial charge in [-0.15, -0.1) is 10.2 Å². The van der Waals surface area contributed by atoms with Gasteiger partial charge < -0.3 is 10.8 Å². The number of thioether (sulfide) groups is 1. The molecule has 0 spiro atoms. The lowest BCUT2D eigenvalue weighted by Crippen LogP contribution is -2.14. The number of unbranched alkanes of at least 4 members (excludes halogenated alkanes) is 1. The molecular weight excluding hydrogens is 264 g/mol. The molecule has 6 nitrogen and oxygen atoms in total. The molecule has 0 aliphatic rings. The maximum atomic E-state index is 10.6. The van der Waals surface area contributed by atoms with Crippen LogP contribution < -0.4 is 5.73 Å². The molecule has 108 valence electrons. The molecule has 0 fully saturated rings. The summed E-state index contributed by atoms with van der Waals surface area (Å²) < 4.78 is 1.83. The van der Waals surface area contributed by atoms with Crippen molar-refractivity contribution in [3.05, 3.63) is 0 Å². The van der Waals surface area contributed by atoms with Crippen LogP contribution in [-0.4, -0.2) is 31.6 Å². The van der Waals surface area contributed by atoms with Crippen molar-refractivity contribution in [2.45, 2.75) is 51.2 Å². The number of nitrogens with two attached hydrogens (primary N) is 1. The van der Waals surface area contributed by atoms with Crippen LogP contribution in [-0.2, 0) is 11.3 Å². The van der Waals surface area contributed by atoms with Crippen molar-refractivity contribution in [1.82, 2.24) is 14.8 Å². The SMILES string of the molecule is CCCCC(CC)Cn1c(N)nnc1SCC(=O)O. The third-order valence-electron chi connectivity index (χ3n) is 3.05. The second-order valence-corrected chi connectivity index (χ2v) is 5.49. The van der Waals surface area contributed by atoms with Crippen LogP contribution >= 0.6 is 11.8 Å². The number of carboxylic acids is 1. The number of carbonyl (C=O) groups is 1. The summed E-state index contributed by atoms with van der Waals surface area (Å²) in [6.07, 6.45) is 4.58. The van der Waals surface area contributed by atoms with E-state index >= 15 is 0 Å². The summed E-state index contributed by atoms with van der Waals surface area (Å²) >= 11 is 1.16. The molecule has 1 rings (SSSR count). The van der Waals surface area contributed by atoms with E-state index in [-0.39, 0.29) is 5.75 Å². The van der Waals surface area contributed by atoms with Gasteiger partial charge in [0.1, 0.15) is 0 Å². The Kier molecular flexibility index (Phi) is 6.69. The Labute approximate surface area is 117 Å². The molecule has 1 aromatic heterocycles. The first-order valence-electron chi connectivity index (χ1n) is 6.61. The van der Waals surface area contributed by atoms with Crippen LogP contribution in [0.15, 0.2) is 5.16 Å². The topological polar surface area (TPSA) is 94.0 Å². The molecule has 1 heterocycles. The number of carboxylic acid groups (broad SMARTS) is 1. The van der Waals surface area contributed by atoms with Gasteiger partial charge in [0, 0.05) is 6.54 Å². The first-order chi connectivity index (χ1) is 9.08. The van der Waals surface area contributed by atoms with Gasteiger partial charge in [-0.1, -0.05) is 44.9 Å². The Balaban J connectivity index is 2.69. The molecule has 1 unspecified atom stereocenters. The van der Waals surface area contributed by atoms with E-state index in [1.807, 2.05) is 4.57 Å². The third kappa shape index (κ3) is 5.10. The first-order valence-corrected chi connectivity index (χ1v) is 7.60. The van der Waals surface area contributed by atoms with Crippen molar-refractivity contribution in [3.63, 3.8) is 0 Å². The predicted molar refractivity (Wildman–Crippen MR) is 76.1 cm³/mol. The highest BCUT2D eigenvalue weighted by Crippen LogP contribution is 2.22. The van der Waals surface area contributed by atoms with Crippen molar-refractivity contribution < 1.29 is 9.90 Å². The van der Waals surface area contributed by atoms with Gasteiger partial charge in [-0.3, -0.25) is 9.36 Å². The Morgan fingerprint density at radius 3 is 2.79 bits per heavy atom. The maximum Gasteiger partial charge on any atom is 0.313 e. The Hall–Kier alpha value is -1.24. The quantitative estimate of drug-likeness (QED) is 0.676. The van der Waals surface area contributed by atoms with E-state index in [9.17, 15) is 4.79 Å². The van der Waals surface area contributed by atoms with Crippen LogP contribution in [0.4, 0.5) is 5.95 Å². The average Bonchev–Trinajstić information content (AvgIpc) is 2.73. The van der Waals surface area contributed by atoms with Gasteiger partial charge in [-0.05, 0) is 12.3 Å².